The van der Waals surface area contributed by atoms with Gasteiger partial charge in [-0.3, -0.25) is 9.59 Å². The number of hydrogen-bond acceptors (Lipinski definition) is 5. The van der Waals surface area contributed by atoms with E-state index in [1.54, 1.807) is 6.08 Å². The van der Waals surface area contributed by atoms with Gasteiger partial charge in [0.1, 0.15) is 6.61 Å². The Morgan fingerprint density at radius 3 is 2.64 bits per heavy atom. The van der Waals surface area contributed by atoms with Crippen molar-refractivity contribution in [3.05, 3.63) is 36.5 Å². The van der Waals surface area contributed by atoms with Crippen LogP contribution in [0.1, 0.15) is 44.9 Å². The summed E-state index contributed by atoms with van der Waals surface area (Å²) in [5.41, 5.74) is 5.26. The van der Waals surface area contributed by atoms with E-state index < -0.39 is 0 Å². The third-order valence-corrected chi connectivity index (χ3v) is 5.33. The Morgan fingerprint density at radius 1 is 1.14 bits per heavy atom. The quantitative estimate of drug-likeness (QED) is 0.660. The normalized spacial score (nSPS) is 19.5. The fourth-order valence-corrected chi connectivity index (χ4v) is 3.80. The van der Waals surface area contributed by atoms with Crippen LogP contribution in [-0.4, -0.2) is 42.4 Å². The number of ketones is 1. The van der Waals surface area contributed by atoms with Crippen LogP contribution in [0.25, 0.3) is 0 Å². The number of nitrogens with two attached hydrogens (primary N) is 1. The molecular formula is C22H30N2O4. The average molecular weight is 386 g/mol. The fraction of sp³-hybridized carbons (Fsp3) is 0.545. The molecule has 1 aliphatic heterocycles. The van der Waals surface area contributed by atoms with E-state index in [1.807, 2.05) is 35.4 Å². The van der Waals surface area contributed by atoms with Crippen LogP contribution in [0.3, 0.4) is 0 Å². The number of hydrogen-bond donors (Lipinski definition) is 1. The summed E-state index contributed by atoms with van der Waals surface area (Å²) in [6, 6.07) is 7.61. The van der Waals surface area contributed by atoms with Gasteiger partial charge in [-0.15, -0.1) is 0 Å². The second kappa shape index (κ2) is 10.2. The number of fused-ring (bicyclic) bond motifs is 1. The van der Waals surface area contributed by atoms with Gasteiger partial charge in [0.15, 0.2) is 23.4 Å². The van der Waals surface area contributed by atoms with Crippen molar-refractivity contribution < 1.29 is 19.1 Å². The maximum Gasteiger partial charge on any atom is 0.217 e. The molecule has 1 atom stereocenters. The molecule has 2 N–H and O–H groups in total. The molecule has 0 aromatic heterocycles. The molecule has 1 fully saturated rings. The zero-order chi connectivity index (χ0) is 19.8. The van der Waals surface area contributed by atoms with E-state index in [-0.39, 0.29) is 23.7 Å². The van der Waals surface area contributed by atoms with Crippen molar-refractivity contribution in [3.63, 3.8) is 0 Å². The zero-order valence-corrected chi connectivity index (χ0v) is 16.3. The number of ether oxygens (including phenoxy) is 2. The van der Waals surface area contributed by atoms with E-state index in [4.69, 9.17) is 15.2 Å². The van der Waals surface area contributed by atoms with Crippen LogP contribution in [0.2, 0.25) is 0 Å². The third-order valence-electron chi connectivity index (χ3n) is 5.33. The lowest BCUT2D eigenvalue weighted by Gasteiger charge is -2.31. The van der Waals surface area contributed by atoms with Crippen molar-refractivity contribution in [2.24, 2.45) is 11.7 Å². The van der Waals surface area contributed by atoms with Crippen molar-refractivity contribution in [3.8, 4) is 11.5 Å². The van der Waals surface area contributed by atoms with Crippen LogP contribution < -0.4 is 15.2 Å². The lowest BCUT2D eigenvalue weighted by molar-refractivity contribution is -0.119. The standard InChI is InChI=1S/C22H30N2O4/c23-22(26)11-6-13-24(14-12-19(25)17-7-2-1-3-8-17)15-18-16-27-20-9-4-5-10-21(20)28-18/h4-5,9-10,12,14,17-18H,1-3,6-8,11,13,15-16H2,(H2,23,26)/b14-12+. The third kappa shape index (κ3) is 6.01. The molecule has 0 saturated heterocycles. The highest BCUT2D eigenvalue weighted by atomic mass is 16.6. The van der Waals surface area contributed by atoms with Gasteiger partial charge in [-0.1, -0.05) is 31.4 Å². The molecule has 0 bridgehead atoms. The Hall–Kier alpha value is -2.50. The average Bonchev–Trinajstić information content (AvgIpc) is 2.72. The zero-order valence-electron chi connectivity index (χ0n) is 16.3. The molecule has 152 valence electrons. The number of rotatable bonds is 9. The van der Waals surface area contributed by atoms with Gasteiger partial charge in [-0.25, -0.2) is 0 Å². The molecule has 28 heavy (non-hydrogen) atoms. The molecule has 1 aliphatic carbocycles. The SMILES string of the molecule is NC(=O)CCCN(/C=C/C(=O)C1CCCCC1)CC1COc2ccccc2O1. The van der Waals surface area contributed by atoms with Crippen LogP contribution in [0.15, 0.2) is 36.5 Å². The molecule has 1 unspecified atom stereocenters. The number of carbonyl (C=O) groups excluding carboxylic acids is 2. The van der Waals surface area contributed by atoms with Gasteiger partial charge in [0, 0.05) is 25.1 Å². The number of amides is 1. The predicted molar refractivity (Wildman–Crippen MR) is 107 cm³/mol. The molecule has 6 nitrogen and oxygen atoms in total. The fourth-order valence-electron chi connectivity index (χ4n) is 3.80. The smallest absolute Gasteiger partial charge is 0.217 e. The van der Waals surface area contributed by atoms with Gasteiger partial charge >= 0.3 is 0 Å². The Balaban J connectivity index is 1.59. The first-order valence-electron chi connectivity index (χ1n) is 10.2. The Morgan fingerprint density at radius 2 is 1.89 bits per heavy atom. The number of carbonyl (C=O) groups is 2. The van der Waals surface area contributed by atoms with Gasteiger partial charge in [0.2, 0.25) is 5.91 Å². The highest BCUT2D eigenvalue weighted by Crippen LogP contribution is 2.31. The number of primary amides is 1. The topological polar surface area (TPSA) is 81.9 Å². The summed E-state index contributed by atoms with van der Waals surface area (Å²) in [4.78, 5) is 25.6. The van der Waals surface area contributed by atoms with Crippen molar-refractivity contribution in [1.29, 1.82) is 0 Å². The lowest BCUT2D eigenvalue weighted by atomic mass is 9.86. The number of benzene rings is 1. The second-order valence-electron chi connectivity index (χ2n) is 7.62. The minimum absolute atomic E-state index is 0.141. The molecule has 6 heteroatoms. The Bertz CT molecular complexity index is 698. The molecule has 1 aromatic rings. The summed E-state index contributed by atoms with van der Waals surface area (Å²) in [5.74, 6) is 1.53. The monoisotopic (exact) mass is 386 g/mol. The van der Waals surface area contributed by atoms with Crippen LogP contribution in [0.4, 0.5) is 0 Å². The number of para-hydroxylation sites is 2. The summed E-state index contributed by atoms with van der Waals surface area (Å²) in [5, 5.41) is 0. The number of allylic oxidation sites excluding steroid dienone is 1. The predicted octanol–water partition coefficient (Wildman–Crippen LogP) is 3.06. The highest BCUT2D eigenvalue weighted by molar-refractivity contribution is 5.91. The van der Waals surface area contributed by atoms with E-state index in [0.717, 1.165) is 37.2 Å². The van der Waals surface area contributed by atoms with E-state index in [0.29, 0.717) is 32.5 Å². The largest absolute Gasteiger partial charge is 0.486 e. The first kappa shape index (κ1) is 20.2. The van der Waals surface area contributed by atoms with E-state index >= 15 is 0 Å². The van der Waals surface area contributed by atoms with Crippen molar-refractivity contribution in [2.45, 2.75) is 51.0 Å². The highest BCUT2D eigenvalue weighted by Gasteiger charge is 2.23. The first-order valence-corrected chi connectivity index (χ1v) is 10.2. The Labute approximate surface area is 166 Å². The minimum Gasteiger partial charge on any atom is -0.486 e. The van der Waals surface area contributed by atoms with Crippen LogP contribution in [0.5, 0.6) is 11.5 Å². The van der Waals surface area contributed by atoms with E-state index in [1.165, 1.54) is 6.42 Å². The van der Waals surface area contributed by atoms with Crippen LogP contribution >= 0.6 is 0 Å². The lowest BCUT2D eigenvalue weighted by Crippen LogP contribution is -2.39. The molecule has 0 radical (unpaired) electrons. The van der Waals surface area contributed by atoms with Crippen LogP contribution in [0, 0.1) is 5.92 Å². The van der Waals surface area contributed by atoms with Gasteiger partial charge in [-0.2, -0.15) is 0 Å². The van der Waals surface area contributed by atoms with Crippen molar-refractivity contribution >= 4 is 11.7 Å². The molecule has 1 amide bonds. The molecule has 3 rings (SSSR count). The van der Waals surface area contributed by atoms with Gasteiger partial charge in [0.05, 0.1) is 6.54 Å². The molecule has 2 aliphatic rings. The van der Waals surface area contributed by atoms with E-state index in [2.05, 4.69) is 0 Å². The molecule has 0 spiro atoms. The molecular weight excluding hydrogens is 356 g/mol. The number of nitrogens with zero attached hydrogens (tertiary/aromatic N) is 1. The Kier molecular flexibility index (Phi) is 7.34. The molecule has 1 heterocycles. The summed E-state index contributed by atoms with van der Waals surface area (Å²) in [7, 11) is 0. The van der Waals surface area contributed by atoms with E-state index in [9.17, 15) is 9.59 Å². The minimum atomic E-state index is -0.312. The summed E-state index contributed by atoms with van der Waals surface area (Å²) in [6.45, 7) is 1.67. The van der Waals surface area contributed by atoms with Gasteiger partial charge in [-0.05, 0) is 37.5 Å². The van der Waals surface area contributed by atoms with Crippen LogP contribution in [-0.2, 0) is 9.59 Å². The second-order valence-corrected chi connectivity index (χ2v) is 7.62. The van der Waals surface area contributed by atoms with Gasteiger partial charge < -0.3 is 20.1 Å². The van der Waals surface area contributed by atoms with Crippen molar-refractivity contribution in [1.82, 2.24) is 4.90 Å². The molecule has 1 saturated carbocycles. The van der Waals surface area contributed by atoms with Gasteiger partial charge in [0.25, 0.3) is 0 Å². The maximum atomic E-state index is 12.5. The maximum absolute atomic E-state index is 12.5. The summed E-state index contributed by atoms with van der Waals surface area (Å²) in [6.07, 6.45) is 9.85. The first-order chi connectivity index (χ1) is 13.6. The van der Waals surface area contributed by atoms with Crippen molar-refractivity contribution in [2.75, 3.05) is 19.7 Å². The summed E-state index contributed by atoms with van der Waals surface area (Å²) < 4.78 is 11.8. The molecule has 1 aromatic carbocycles. The summed E-state index contributed by atoms with van der Waals surface area (Å²) >= 11 is 0.